The third kappa shape index (κ3) is 9.31. The van der Waals surface area contributed by atoms with Gasteiger partial charge in [0.2, 0.25) is 0 Å². The lowest BCUT2D eigenvalue weighted by Gasteiger charge is -2.35. The zero-order valence-electron chi connectivity index (χ0n) is 63.6. The smallest absolute Gasteiger partial charge is 0.0626 e. The van der Waals surface area contributed by atoms with Crippen LogP contribution in [-0.4, -0.2) is 0 Å². The predicted octanol–water partition coefficient (Wildman–Crippen LogP) is 25.3. The van der Waals surface area contributed by atoms with E-state index in [-0.39, 0.29) is 48.1 Å². The lowest BCUT2D eigenvalue weighted by atomic mass is 9.68. The van der Waals surface area contributed by atoms with Crippen LogP contribution in [0.25, 0.3) is 88.6 Å². The molecule has 462 valence electrons. The van der Waals surface area contributed by atoms with Crippen LogP contribution < -0.4 is 9.80 Å². The van der Waals surface area contributed by atoms with Crippen LogP contribution in [0.2, 0.25) is 0 Å². The molecule has 0 aromatic heterocycles. The Morgan fingerprint density at radius 3 is 1.04 bits per heavy atom. The topological polar surface area (TPSA) is 6.48 Å². The summed E-state index contributed by atoms with van der Waals surface area (Å²) in [4.78, 5) is 4.65. The van der Waals surface area contributed by atoms with Gasteiger partial charge >= 0.3 is 0 Å². The van der Waals surface area contributed by atoms with Crippen LogP contribution in [0.5, 0.6) is 0 Å². The van der Waals surface area contributed by atoms with Crippen molar-refractivity contribution in [3.8, 4) is 33.4 Å². The summed E-state index contributed by atoms with van der Waals surface area (Å²) in [5, 5.41) is 8.04. The summed E-state index contributed by atoms with van der Waals surface area (Å²) >= 11 is 0. The molecule has 18 rings (SSSR count). The minimum absolute atomic E-state index is 0.212. The van der Waals surface area contributed by atoms with Gasteiger partial charge in [-0.2, -0.15) is 0 Å². The fraction of sp³-hybridized carbons (Fsp3) is 0.0417. The number of nitrogens with zero attached hydrogens (tertiary/aromatic N) is 2. The molecule has 0 N–H and O–H groups in total. The lowest BCUT2D eigenvalue weighted by molar-refractivity contribution is 0.629. The molecule has 0 radical (unpaired) electrons. The van der Waals surface area contributed by atoms with Gasteiger partial charge in [-0.3, -0.25) is 0 Å². The summed E-state index contributed by atoms with van der Waals surface area (Å²) in [7, 11) is 0. The van der Waals surface area contributed by atoms with Gasteiger partial charge in [0.15, 0.2) is 0 Å². The van der Waals surface area contributed by atoms with Crippen molar-refractivity contribution in [1.82, 2.24) is 0 Å². The molecule has 0 saturated carbocycles. The number of hydrogen-bond donors (Lipinski definition) is 0. The minimum Gasteiger partial charge on any atom is -0.309 e. The van der Waals surface area contributed by atoms with Crippen molar-refractivity contribution in [1.29, 1.82) is 0 Å². The van der Waals surface area contributed by atoms with Crippen molar-refractivity contribution in [2.45, 2.75) is 23.7 Å². The summed E-state index contributed by atoms with van der Waals surface area (Å²) in [5.74, 6) is 0. The van der Waals surface area contributed by atoms with Crippen molar-refractivity contribution in [3.05, 3.63) is 420 Å². The number of fused-ring (bicyclic) bond motifs is 10. The first-order chi connectivity index (χ1) is 52.6. The van der Waals surface area contributed by atoms with E-state index in [1.54, 1.807) is 12.2 Å². The van der Waals surface area contributed by atoms with Crippen LogP contribution in [0.3, 0.4) is 0 Å². The normalized spacial score (nSPS) is 16.4. The molecule has 2 nitrogen and oxygen atoms in total. The minimum atomic E-state index is -1.28. The van der Waals surface area contributed by atoms with Gasteiger partial charge in [0, 0.05) is 32.9 Å². The number of hydrogen-bond acceptors (Lipinski definition) is 2. The molecule has 16 aromatic rings. The Morgan fingerprint density at radius 1 is 0.286 bits per heavy atom. The third-order valence-electron chi connectivity index (χ3n) is 20.6. The van der Waals surface area contributed by atoms with Crippen LogP contribution in [0.1, 0.15) is 69.3 Å². The first-order valence-electron chi connectivity index (χ1n) is 38.3. The predicted molar refractivity (Wildman–Crippen MR) is 415 cm³/mol. The second kappa shape index (κ2) is 23.8. The molecule has 0 aliphatic heterocycles. The lowest BCUT2D eigenvalue weighted by Crippen LogP contribution is -2.30. The second-order valence-electron chi connectivity index (χ2n) is 25.6. The Kier molecular flexibility index (Phi) is 11.8. The largest absolute Gasteiger partial charge is 0.309 e. The zero-order valence-corrected chi connectivity index (χ0v) is 53.6. The van der Waals surface area contributed by atoms with Crippen molar-refractivity contribution in [3.63, 3.8) is 0 Å². The number of rotatable bonds is 15. The van der Waals surface area contributed by atoms with Crippen molar-refractivity contribution >= 4 is 89.4 Å². The highest BCUT2D eigenvalue weighted by Gasteiger charge is 2.47. The average Bonchev–Trinajstić information content (AvgIpc) is 1.57. The molecule has 2 unspecified atom stereocenters. The van der Waals surface area contributed by atoms with E-state index in [1.165, 1.54) is 0 Å². The zero-order chi connectivity index (χ0) is 74.0. The Bertz CT molecular complexity index is 6010. The molecule has 2 aliphatic rings. The molecule has 0 saturated heterocycles. The van der Waals surface area contributed by atoms with Crippen molar-refractivity contribution < 1.29 is 13.7 Å². The molecular formula is C96H68N2. The van der Waals surface area contributed by atoms with E-state index in [9.17, 15) is 11.0 Å². The molecule has 98 heavy (non-hydrogen) atoms. The summed E-state index contributed by atoms with van der Waals surface area (Å²) in [6, 6.07) is 97.5. The quantitative estimate of drug-likeness (QED) is 0.101. The Hall–Kier alpha value is -12.4. The van der Waals surface area contributed by atoms with Gasteiger partial charge in [-0.25, -0.2) is 0 Å². The van der Waals surface area contributed by atoms with E-state index in [4.69, 9.17) is 2.74 Å². The highest BCUT2D eigenvalue weighted by Crippen LogP contribution is 2.59. The first kappa shape index (κ1) is 48.4. The second-order valence-corrected chi connectivity index (χ2v) is 25.6. The molecule has 2 atom stereocenters. The highest BCUT2D eigenvalue weighted by atomic mass is 15.2. The fourth-order valence-corrected chi connectivity index (χ4v) is 16.2. The molecule has 0 amide bonds. The summed E-state index contributed by atoms with van der Waals surface area (Å²) in [6.45, 7) is 8.05. The SMILES string of the molecule is [2H]c1c([2H])c([2H])c(C2(Cc3ccc(C=C)cc3)c3ccccc3-c3ccc(N(c4cccc5ccccc45)c4ccc(-c5ccc(N(c6ccc7c(c6)C(Cc6ccc(C=C)cc6)(c6c([2H])c([2H])c([2H])c([2H])c6[2H])c6ccccc6-7)c6cccc7ccccc67)c6ccccc56)c5ccccc45)cc32)c([2H])c1[2H]. The maximum atomic E-state index is 9.84. The summed E-state index contributed by atoms with van der Waals surface area (Å²) in [5.41, 5.74) is 15.8. The summed E-state index contributed by atoms with van der Waals surface area (Å²) in [6.07, 6.45) is 4.16. The van der Waals surface area contributed by atoms with Gasteiger partial charge in [-0.05, 0) is 172 Å². The van der Waals surface area contributed by atoms with Crippen LogP contribution in [0.4, 0.5) is 34.1 Å². The van der Waals surface area contributed by atoms with Crippen LogP contribution >= 0.6 is 0 Å². The molecular weight excluding hydrogens is 1180 g/mol. The van der Waals surface area contributed by atoms with Crippen molar-refractivity contribution in [2.75, 3.05) is 9.80 Å². The van der Waals surface area contributed by atoms with Crippen LogP contribution in [0.15, 0.2) is 365 Å². The summed E-state index contributed by atoms with van der Waals surface area (Å²) < 4.78 is 93.9. The van der Waals surface area contributed by atoms with Gasteiger partial charge in [0.1, 0.15) is 0 Å². The fourth-order valence-electron chi connectivity index (χ4n) is 16.2. The van der Waals surface area contributed by atoms with E-state index in [1.807, 2.05) is 72.8 Å². The van der Waals surface area contributed by atoms with Gasteiger partial charge in [-0.1, -0.05) is 328 Å². The third-order valence-corrected chi connectivity index (χ3v) is 20.6. The van der Waals surface area contributed by atoms with Gasteiger partial charge in [0.05, 0.1) is 47.3 Å². The molecule has 16 aromatic carbocycles. The van der Waals surface area contributed by atoms with E-state index in [2.05, 4.69) is 241 Å². The van der Waals surface area contributed by atoms with Crippen molar-refractivity contribution in [2.24, 2.45) is 0 Å². The highest BCUT2D eigenvalue weighted by molar-refractivity contribution is 6.15. The molecule has 2 heteroatoms. The van der Waals surface area contributed by atoms with Crippen LogP contribution in [0, 0.1) is 0 Å². The standard InChI is InChI=1S/C96H68N2/c1-3-65-45-49-67(50-46-65)63-95(71-29-7-5-8-30-71)87-41-21-19-37-81(87)83-55-53-73(61-89(83)95)97(91-43-23-27-69-25-11-13-33-75(69)91)93-59-57-79(77-35-15-17-39-85(77)93)80-58-60-94(86-40-18-16-36-78(80)86)98(92-44-24-28-70-26-12-14-34-76(70)92)74-54-56-84-82-38-20-22-42-88(82)96(90(84)62-74,72-31-9-6-10-32-72)64-68-51-47-66(4-2)48-52-68/h3-62H,1-2,63-64H2/i5D,6D,7D,8D,9D,10D,29D,30D,31D,32D. The van der Waals surface area contributed by atoms with Gasteiger partial charge in [-0.15, -0.1) is 0 Å². The number of anilines is 6. The monoisotopic (exact) mass is 1260 g/mol. The van der Waals surface area contributed by atoms with Gasteiger partial charge < -0.3 is 9.80 Å². The van der Waals surface area contributed by atoms with E-state index >= 15 is 0 Å². The molecule has 2 aliphatic carbocycles. The Morgan fingerprint density at radius 2 is 0.622 bits per heavy atom. The van der Waals surface area contributed by atoms with E-state index in [0.29, 0.717) is 0 Å². The molecule has 0 spiro atoms. The Labute approximate surface area is 587 Å². The number of benzene rings is 16. The Balaban J connectivity index is 0.847. The maximum Gasteiger partial charge on any atom is 0.0626 e. The molecule has 0 bridgehead atoms. The maximum absolute atomic E-state index is 9.84. The molecule has 0 heterocycles. The van der Waals surface area contributed by atoms with E-state index < -0.39 is 47.1 Å². The van der Waals surface area contributed by atoms with Gasteiger partial charge in [0.25, 0.3) is 0 Å². The molecule has 0 fully saturated rings. The average molecular weight is 1260 g/mol. The van der Waals surface area contributed by atoms with E-state index in [0.717, 1.165) is 155 Å². The van der Waals surface area contributed by atoms with Crippen LogP contribution in [-0.2, 0) is 23.7 Å². The first-order valence-corrected chi connectivity index (χ1v) is 33.3.